The number of likely N-dealkylation sites (N-methyl/N-ethyl adjacent to an activating group) is 2. The van der Waals surface area contributed by atoms with Crippen LogP contribution in [0.25, 0.3) is 0 Å². The molecule has 0 radical (unpaired) electrons. The molecule has 1 aliphatic carbocycles. The number of hydrogen-bond donors (Lipinski definition) is 1. The van der Waals surface area contributed by atoms with Gasteiger partial charge in [0.1, 0.15) is 0 Å². The monoisotopic (exact) mass is 211 g/mol. The molecule has 1 heterocycles. The largest absolute Gasteiger partial charge is 0.326 e. The van der Waals surface area contributed by atoms with E-state index in [1.54, 1.807) is 0 Å². The molecule has 2 atom stereocenters. The average molecular weight is 211 g/mol. The lowest BCUT2D eigenvalue weighted by atomic mass is 9.99. The Morgan fingerprint density at radius 1 is 1.27 bits per heavy atom. The maximum Gasteiger partial charge on any atom is 0.0371 e. The van der Waals surface area contributed by atoms with Gasteiger partial charge >= 0.3 is 0 Å². The fourth-order valence-corrected chi connectivity index (χ4v) is 2.53. The molecule has 0 aromatic carbocycles. The van der Waals surface area contributed by atoms with Crippen LogP contribution in [0.4, 0.5) is 0 Å². The van der Waals surface area contributed by atoms with Crippen LogP contribution in [0.2, 0.25) is 0 Å². The van der Waals surface area contributed by atoms with Gasteiger partial charge in [0, 0.05) is 31.7 Å². The van der Waals surface area contributed by atoms with Crippen LogP contribution >= 0.6 is 0 Å². The Morgan fingerprint density at radius 2 is 2.00 bits per heavy atom. The summed E-state index contributed by atoms with van der Waals surface area (Å²) in [5.74, 6) is 1.02. The SMILES string of the molecule is CN1CCN(C)C(C(N)CCC2CC2)C1. The van der Waals surface area contributed by atoms with Crippen molar-refractivity contribution in [3.05, 3.63) is 0 Å². The lowest BCUT2D eigenvalue weighted by Crippen LogP contribution is -2.57. The van der Waals surface area contributed by atoms with Crippen molar-refractivity contribution in [2.45, 2.75) is 37.8 Å². The Labute approximate surface area is 93.6 Å². The fourth-order valence-electron chi connectivity index (χ4n) is 2.53. The summed E-state index contributed by atoms with van der Waals surface area (Å²) >= 11 is 0. The Kier molecular flexibility index (Phi) is 3.65. The number of hydrogen-bond acceptors (Lipinski definition) is 3. The highest BCUT2D eigenvalue weighted by atomic mass is 15.3. The normalized spacial score (nSPS) is 31.8. The van der Waals surface area contributed by atoms with Gasteiger partial charge in [0.15, 0.2) is 0 Å². The molecule has 2 rings (SSSR count). The van der Waals surface area contributed by atoms with Crippen LogP contribution in [0.5, 0.6) is 0 Å². The van der Waals surface area contributed by atoms with Crippen LogP contribution in [0.1, 0.15) is 25.7 Å². The third kappa shape index (κ3) is 3.16. The third-order valence-electron chi connectivity index (χ3n) is 4.00. The van der Waals surface area contributed by atoms with Gasteiger partial charge in [-0.3, -0.25) is 4.90 Å². The second kappa shape index (κ2) is 4.81. The second-order valence-corrected chi connectivity index (χ2v) is 5.49. The van der Waals surface area contributed by atoms with Crippen LogP contribution in [0.15, 0.2) is 0 Å². The molecule has 2 N–H and O–H groups in total. The first-order valence-electron chi connectivity index (χ1n) is 6.31. The zero-order valence-electron chi connectivity index (χ0n) is 10.2. The molecule has 1 aliphatic heterocycles. The smallest absolute Gasteiger partial charge is 0.0371 e. The summed E-state index contributed by atoms with van der Waals surface area (Å²) in [4.78, 5) is 4.85. The molecule has 0 aromatic rings. The lowest BCUT2D eigenvalue weighted by Gasteiger charge is -2.40. The second-order valence-electron chi connectivity index (χ2n) is 5.49. The highest BCUT2D eigenvalue weighted by Gasteiger charge is 2.29. The lowest BCUT2D eigenvalue weighted by molar-refractivity contribution is 0.0944. The summed E-state index contributed by atoms with van der Waals surface area (Å²) < 4.78 is 0. The highest BCUT2D eigenvalue weighted by Crippen LogP contribution is 2.34. The zero-order valence-corrected chi connectivity index (χ0v) is 10.2. The van der Waals surface area contributed by atoms with Gasteiger partial charge in [-0.15, -0.1) is 0 Å². The summed E-state index contributed by atoms with van der Waals surface area (Å²) in [6.07, 6.45) is 5.48. The van der Waals surface area contributed by atoms with Crippen molar-refractivity contribution >= 4 is 0 Å². The maximum atomic E-state index is 6.31. The van der Waals surface area contributed by atoms with Gasteiger partial charge in [-0.1, -0.05) is 12.8 Å². The highest BCUT2D eigenvalue weighted by molar-refractivity contribution is 4.88. The first-order valence-corrected chi connectivity index (χ1v) is 6.31. The van der Waals surface area contributed by atoms with E-state index in [9.17, 15) is 0 Å². The average Bonchev–Trinajstić information content (AvgIpc) is 3.02. The Bertz CT molecular complexity index is 203. The standard InChI is InChI=1S/C12H25N3/c1-14-7-8-15(2)12(9-14)11(13)6-5-10-3-4-10/h10-12H,3-9,13H2,1-2H3. The van der Waals surface area contributed by atoms with Gasteiger partial charge in [-0.2, -0.15) is 0 Å². The van der Waals surface area contributed by atoms with Crippen LogP contribution in [0.3, 0.4) is 0 Å². The van der Waals surface area contributed by atoms with Crippen molar-refractivity contribution in [1.82, 2.24) is 9.80 Å². The molecule has 3 heteroatoms. The van der Waals surface area contributed by atoms with Crippen LogP contribution in [0, 0.1) is 5.92 Å². The van der Waals surface area contributed by atoms with E-state index >= 15 is 0 Å². The quantitative estimate of drug-likeness (QED) is 0.745. The zero-order chi connectivity index (χ0) is 10.8. The molecule has 0 aromatic heterocycles. The van der Waals surface area contributed by atoms with Gasteiger partial charge in [-0.05, 0) is 32.9 Å². The molecule has 88 valence electrons. The molecule has 1 saturated carbocycles. The minimum Gasteiger partial charge on any atom is -0.326 e. The van der Waals surface area contributed by atoms with Crippen LogP contribution in [-0.4, -0.2) is 55.6 Å². The van der Waals surface area contributed by atoms with E-state index in [4.69, 9.17) is 5.73 Å². The molecule has 2 fully saturated rings. The molecule has 15 heavy (non-hydrogen) atoms. The summed E-state index contributed by atoms with van der Waals surface area (Å²) in [5.41, 5.74) is 6.31. The number of piperazine rings is 1. The third-order valence-corrected chi connectivity index (χ3v) is 4.00. The van der Waals surface area contributed by atoms with Crippen molar-refractivity contribution in [3.63, 3.8) is 0 Å². The number of nitrogens with two attached hydrogens (primary N) is 1. The molecular formula is C12H25N3. The maximum absolute atomic E-state index is 6.31. The van der Waals surface area contributed by atoms with Gasteiger partial charge in [-0.25, -0.2) is 0 Å². The molecule has 2 unspecified atom stereocenters. The number of nitrogens with zero attached hydrogens (tertiary/aromatic N) is 2. The van der Waals surface area contributed by atoms with Gasteiger partial charge in [0.25, 0.3) is 0 Å². The summed E-state index contributed by atoms with van der Waals surface area (Å²) in [5, 5.41) is 0. The molecule has 0 amide bonds. The van der Waals surface area contributed by atoms with E-state index < -0.39 is 0 Å². The van der Waals surface area contributed by atoms with E-state index in [-0.39, 0.29) is 0 Å². The van der Waals surface area contributed by atoms with E-state index in [1.807, 2.05) is 0 Å². The number of rotatable bonds is 4. The molecule has 1 saturated heterocycles. The Balaban J connectivity index is 1.77. The first-order chi connectivity index (χ1) is 7.16. The first kappa shape index (κ1) is 11.4. The molecule has 3 nitrogen and oxygen atoms in total. The summed E-state index contributed by atoms with van der Waals surface area (Å²) in [7, 11) is 4.42. The van der Waals surface area contributed by atoms with Crippen molar-refractivity contribution < 1.29 is 0 Å². The minimum absolute atomic E-state index is 0.373. The van der Waals surface area contributed by atoms with Crippen LogP contribution < -0.4 is 5.73 Å². The molecule has 2 aliphatic rings. The van der Waals surface area contributed by atoms with Crippen molar-refractivity contribution in [2.75, 3.05) is 33.7 Å². The van der Waals surface area contributed by atoms with E-state index in [0.29, 0.717) is 12.1 Å². The molecular weight excluding hydrogens is 186 g/mol. The van der Waals surface area contributed by atoms with Crippen molar-refractivity contribution in [2.24, 2.45) is 11.7 Å². The van der Waals surface area contributed by atoms with Crippen LogP contribution in [-0.2, 0) is 0 Å². The van der Waals surface area contributed by atoms with Gasteiger partial charge in [0.2, 0.25) is 0 Å². The van der Waals surface area contributed by atoms with E-state index in [1.165, 1.54) is 32.2 Å². The van der Waals surface area contributed by atoms with Gasteiger partial charge in [0.05, 0.1) is 0 Å². The van der Waals surface area contributed by atoms with Gasteiger partial charge < -0.3 is 10.6 Å². The Hall–Kier alpha value is -0.120. The predicted molar refractivity (Wildman–Crippen MR) is 63.8 cm³/mol. The topological polar surface area (TPSA) is 32.5 Å². The van der Waals surface area contributed by atoms with Crippen molar-refractivity contribution in [1.29, 1.82) is 0 Å². The predicted octanol–water partition coefficient (Wildman–Crippen LogP) is 0.750. The summed E-state index contributed by atoms with van der Waals surface area (Å²) in [6.45, 7) is 3.49. The minimum atomic E-state index is 0.373. The van der Waals surface area contributed by atoms with Crippen molar-refractivity contribution in [3.8, 4) is 0 Å². The molecule has 0 bridgehead atoms. The van der Waals surface area contributed by atoms with E-state index in [0.717, 1.165) is 19.0 Å². The summed E-state index contributed by atoms with van der Waals surface area (Å²) in [6, 6.07) is 0.945. The fraction of sp³-hybridized carbons (Fsp3) is 1.00. The van der Waals surface area contributed by atoms with E-state index in [2.05, 4.69) is 23.9 Å². The Morgan fingerprint density at radius 3 is 2.67 bits per heavy atom. The molecule has 0 spiro atoms.